The number of hydrogen-bond acceptors (Lipinski definition) is 3. The molecule has 4 aromatic carbocycles. The number of benzene rings is 4. The van der Waals surface area contributed by atoms with Gasteiger partial charge in [-0.2, -0.15) is 0 Å². The highest BCUT2D eigenvalue weighted by atomic mass is 16.5. The molecule has 0 radical (unpaired) electrons. The molecule has 0 N–H and O–H groups in total. The molecule has 1 heterocycles. The van der Waals surface area contributed by atoms with Crippen molar-refractivity contribution in [2.45, 2.75) is 52.1 Å². The van der Waals surface area contributed by atoms with Crippen LogP contribution in [0.2, 0.25) is 0 Å². The van der Waals surface area contributed by atoms with Crippen LogP contribution < -0.4 is 0 Å². The second-order valence-electron chi connectivity index (χ2n) is 12.0. The molecular formula is C37H35NO3. The molecule has 206 valence electrons. The highest BCUT2D eigenvalue weighted by Crippen LogP contribution is 2.38. The minimum atomic E-state index is -0.244. The van der Waals surface area contributed by atoms with E-state index in [1.165, 1.54) is 5.56 Å². The van der Waals surface area contributed by atoms with Crippen LogP contribution in [0.4, 0.5) is 0 Å². The first-order valence-corrected chi connectivity index (χ1v) is 14.4. The number of hydrogen-bond donors (Lipinski definition) is 0. The Morgan fingerprint density at radius 1 is 0.829 bits per heavy atom. The minimum absolute atomic E-state index is 0.0377. The molecule has 1 aliphatic rings. The van der Waals surface area contributed by atoms with Crippen molar-refractivity contribution < 1.29 is 14.3 Å². The molecule has 0 spiro atoms. The van der Waals surface area contributed by atoms with Crippen LogP contribution in [0.3, 0.4) is 0 Å². The molecule has 1 aliphatic carbocycles. The van der Waals surface area contributed by atoms with Gasteiger partial charge >= 0.3 is 5.97 Å². The summed E-state index contributed by atoms with van der Waals surface area (Å²) in [5, 5.41) is 1.03. The number of ether oxygens (including phenoxy) is 1. The van der Waals surface area contributed by atoms with Gasteiger partial charge in [0, 0.05) is 16.6 Å². The van der Waals surface area contributed by atoms with Crippen LogP contribution in [-0.2, 0) is 34.4 Å². The summed E-state index contributed by atoms with van der Waals surface area (Å²) in [6.07, 6.45) is 1.85. The molecule has 6 rings (SSSR count). The standard InChI is InChI=1S/C37H35NO3/c1-37(2,3)30-18-14-26(15-19-30)28-16-20-33-31(22-28)32-23-29(36(40)41-24-25-10-6-4-7-11-25)17-21-34(32)38(33)35(39)27-12-8-5-9-13-27/h4-16,18-20,22,29H,17,21,23-24H2,1-3H3. The zero-order valence-corrected chi connectivity index (χ0v) is 23.9. The van der Waals surface area contributed by atoms with Crippen LogP contribution in [0.25, 0.3) is 22.0 Å². The van der Waals surface area contributed by atoms with E-state index in [1.54, 1.807) is 0 Å². The molecule has 0 bridgehead atoms. The fraction of sp³-hybridized carbons (Fsp3) is 0.243. The number of carbonyl (C=O) groups excluding carboxylic acids is 2. The van der Waals surface area contributed by atoms with Crippen molar-refractivity contribution in [3.05, 3.63) is 131 Å². The smallest absolute Gasteiger partial charge is 0.309 e. The van der Waals surface area contributed by atoms with Crippen LogP contribution in [-0.4, -0.2) is 16.4 Å². The predicted octanol–water partition coefficient (Wildman–Crippen LogP) is 8.14. The zero-order chi connectivity index (χ0) is 28.6. The highest BCUT2D eigenvalue weighted by Gasteiger charge is 2.32. The SMILES string of the molecule is CC(C)(C)c1ccc(-c2ccc3c(c2)c2c(n3C(=O)c3ccccc3)CCC(C(=O)OCc3ccccc3)C2)cc1. The quantitative estimate of drug-likeness (QED) is 0.211. The van der Waals surface area contributed by atoms with Gasteiger partial charge in [0.25, 0.3) is 5.91 Å². The number of esters is 1. The molecule has 0 saturated heterocycles. The van der Waals surface area contributed by atoms with Gasteiger partial charge in [-0.05, 0) is 76.8 Å². The first-order valence-electron chi connectivity index (χ1n) is 14.4. The number of aromatic nitrogens is 1. The van der Waals surface area contributed by atoms with Crippen molar-refractivity contribution in [1.82, 2.24) is 4.57 Å². The van der Waals surface area contributed by atoms with Gasteiger partial charge in [0.15, 0.2) is 0 Å². The third-order valence-corrected chi connectivity index (χ3v) is 8.23. The Kier molecular flexibility index (Phi) is 7.08. The molecule has 0 saturated carbocycles. The lowest BCUT2D eigenvalue weighted by Gasteiger charge is -2.22. The molecule has 0 aliphatic heterocycles. The van der Waals surface area contributed by atoms with Crippen molar-refractivity contribution >= 4 is 22.8 Å². The molecular weight excluding hydrogens is 506 g/mol. The number of carbonyl (C=O) groups is 2. The van der Waals surface area contributed by atoms with Gasteiger partial charge in [-0.1, -0.05) is 99.6 Å². The number of nitrogens with zero attached hydrogens (tertiary/aromatic N) is 1. The van der Waals surface area contributed by atoms with Gasteiger partial charge < -0.3 is 4.74 Å². The van der Waals surface area contributed by atoms with E-state index in [1.807, 2.05) is 65.2 Å². The predicted molar refractivity (Wildman–Crippen MR) is 164 cm³/mol. The summed E-state index contributed by atoms with van der Waals surface area (Å²) in [7, 11) is 0. The van der Waals surface area contributed by atoms with Gasteiger partial charge in [-0.15, -0.1) is 0 Å². The Balaban J connectivity index is 1.38. The van der Waals surface area contributed by atoms with E-state index in [0.29, 0.717) is 24.8 Å². The highest BCUT2D eigenvalue weighted by molar-refractivity contribution is 6.05. The maximum absolute atomic E-state index is 13.8. The minimum Gasteiger partial charge on any atom is -0.461 e. The van der Waals surface area contributed by atoms with Crippen molar-refractivity contribution in [1.29, 1.82) is 0 Å². The summed E-state index contributed by atoms with van der Waals surface area (Å²) in [6.45, 7) is 6.92. The van der Waals surface area contributed by atoms with E-state index in [0.717, 1.165) is 38.9 Å². The van der Waals surface area contributed by atoms with Crippen molar-refractivity contribution in [3.63, 3.8) is 0 Å². The Morgan fingerprint density at radius 3 is 2.17 bits per heavy atom. The van der Waals surface area contributed by atoms with Crippen LogP contribution >= 0.6 is 0 Å². The molecule has 0 amide bonds. The van der Waals surface area contributed by atoms with Crippen LogP contribution in [0, 0.1) is 5.92 Å². The largest absolute Gasteiger partial charge is 0.461 e. The van der Waals surface area contributed by atoms with Gasteiger partial charge in [-0.3, -0.25) is 14.2 Å². The Labute approximate surface area is 241 Å². The molecule has 4 nitrogen and oxygen atoms in total. The number of rotatable bonds is 5. The molecule has 41 heavy (non-hydrogen) atoms. The van der Waals surface area contributed by atoms with E-state index < -0.39 is 0 Å². The molecule has 5 aromatic rings. The van der Waals surface area contributed by atoms with Crippen molar-refractivity contribution in [2.24, 2.45) is 5.92 Å². The van der Waals surface area contributed by atoms with Crippen molar-refractivity contribution in [2.75, 3.05) is 0 Å². The van der Waals surface area contributed by atoms with Crippen LogP contribution in [0.1, 0.15) is 59.9 Å². The summed E-state index contributed by atoms with van der Waals surface area (Å²) in [4.78, 5) is 27.0. The van der Waals surface area contributed by atoms with Crippen LogP contribution in [0.15, 0.2) is 103 Å². The summed E-state index contributed by atoms with van der Waals surface area (Å²) in [5.74, 6) is -0.459. The average Bonchev–Trinajstić information content (AvgIpc) is 3.33. The first kappa shape index (κ1) is 26.8. The van der Waals surface area contributed by atoms with Gasteiger partial charge in [0.2, 0.25) is 0 Å². The average molecular weight is 542 g/mol. The first-order chi connectivity index (χ1) is 19.8. The third kappa shape index (κ3) is 5.35. The van der Waals surface area contributed by atoms with E-state index in [4.69, 9.17) is 4.74 Å². The maximum atomic E-state index is 13.8. The molecule has 1 unspecified atom stereocenters. The van der Waals surface area contributed by atoms with Gasteiger partial charge in [0.1, 0.15) is 6.61 Å². The van der Waals surface area contributed by atoms with Gasteiger partial charge in [0.05, 0.1) is 11.4 Å². The summed E-state index contributed by atoms with van der Waals surface area (Å²) in [6, 6.07) is 34.3. The third-order valence-electron chi connectivity index (χ3n) is 8.23. The second-order valence-corrected chi connectivity index (χ2v) is 12.0. The topological polar surface area (TPSA) is 48.3 Å². The Hall–Kier alpha value is -4.44. The lowest BCUT2D eigenvalue weighted by atomic mass is 9.85. The lowest BCUT2D eigenvalue weighted by Crippen LogP contribution is -2.26. The van der Waals surface area contributed by atoms with E-state index in [-0.39, 0.29) is 29.8 Å². The Bertz CT molecular complexity index is 1710. The fourth-order valence-electron chi connectivity index (χ4n) is 5.89. The molecule has 0 fully saturated rings. The molecule has 4 heteroatoms. The summed E-state index contributed by atoms with van der Waals surface area (Å²) >= 11 is 0. The van der Waals surface area contributed by atoms with Crippen molar-refractivity contribution in [3.8, 4) is 11.1 Å². The summed E-state index contributed by atoms with van der Waals surface area (Å²) < 4.78 is 7.61. The normalized spacial score (nSPS) is 15.0. The second kappa shape index (κ2) is 10.9. The van der Waals surface area contributed by atoms with E-state index >= 15 is 0 Å². The monoisotopic (exact) mass is 541 g/mol. The van der Waals surface area contributed by atoms with Gasteiger partial charge in [-0.25, -0.2) is 0 Å². The van der Waals surface area contributed by atoms with E-state index in [2.05, 4.69) is 63.2 Å². The fourth-order valence-corrected chi connectivity index (χ4v) is 5.89. The molecule has 1 atom stereocenters. The maximum Gasteiger partial charge on any atom is 0.309 e. The summed E-state index contributed by atoms with van der Waals surface area (Å²) in [5.41, 5.74) is 8.19. The lowest BCUT2D eigenvalue weighted by molar-refractivity contribution is -0.150. The number of fused-ring (bicyclic) bond motifs is 3. The molecule has 1 aromatic heterocycles. The Morgan fingerprint density at radius 2 is 1.49 bits per heavy atom. The van der Waals surface area contributed by atoms with E-state index in [9.17, 15) is 9.59 Å². The zero-order valence-electron chi connectivity index (χ0n) is 23.9. The van der Waals surface area contributed by atoms with Crippen LogP contribution in [0.5, 0.6) is 0 Å².